The van der Waals surface area contributed by atoms with E-state index in [9.17, 15) is 9.59 Å². The van der Waals surface area contributed by atoms with Gasteiger partial charge in [-0.2, -0.15) is 0 Å². The molecule has 0 fully saturated rings. The molecule has 0 aliphatic carbocycles. The number of hydrogen-bond donors (Lipinski definition) is 1. The third kappa shape index (κ3) is 3.76. The first-order chi connectivity index (χ1) is 13.1. The predicted molar refractivity (Wildman–Crippen MR) is 110 cm³/mol. The number of rotatable bonds is 5. The van der Waals surface area contributed by atoms with Crippen LogP contribution in [0.2, 0.25) is 0 Å². The van der Waals surface area contributed by atoms with E-state index in [-0.39, 0.29) is 16.7 Å². The maximum Gasteiger partial charge on any atom is 0.261 e. The number of anilines is 1. The molecule has 1 amide bonds. The molecule has 1 atom stereocenters. The molecular weight excluding hydrogens is 358 g/mol. The molecule has 4 rings (SSSR count). The van der Waals surface area contributed by atoms with Gasteiger partial charge in [-0.1, -0.05) is 30.3 Å². The number of carbonyl (C=O) groups excluding carboxylic acids is 1. The van der Waals surface area contributed by atoms with Crippen LogP contribution in [-0.4, -0.2) is 20.7 Å². The molecule has 27 heavy (non-hydrogen) atoms. The highest BCUT2D eigenvalue weighted by Gasteiger charge is 2.17. The molecule has 2 heterocycles. The van der Waals surface area contributed by atoms with Crippen LogP contribution in [-0.2, 0) is 23.5 Å². The average molecular weight is 379 g/mol. The fourth-order valence-electron chi connectivity index (χ4n) is 3.28. The second-order valence-electron chi connectivity index (χ2n) is 6.75. The Labute approximate surface area is 161 Å². The van der Waals surface area contributed by atoms with Crippen LogP contribution in [0.25, 0.3) is 10.9 Å². The summed E-state index contributed by atoms with van der Waals surface area (Å²) in [6.45, 7) is 2.62. The Kier molecular flexibility index (Phi) is 4.99. The van der Waals surface area contributed by atoms with E-state index in [0.717, 1.165) is 31.0 Å². The number of thioether (sulfide) groups is 1. The van der Waals surface area contributed by atoms with Crippen molar-refractivity contribution in [1.82, 2.24) is 9.55 Å². The van der Waals surface area contributed by atoms with Gasteiger partial charge in [-0.05, 0) is 37.1 Å². The minimum Gasteiger partial charge on any atom is -0.325 e. The van der Waals surface area contributed by atoms with E-state index < -0.39 is 0 Å². The van der Waals surface area contributed by atoms with E-state index in [1.807, 2.05) is 37.3 Å². The van der Waals surface area contributed by atoms with Gasteiger partial charge in [-0.15, -0.1) is 11.8 Å². The van der Waals surface area contributed by atoms with E-state index in [1.54, 1.807) is 22.4 Å². The summed E-state index contributed by atoms with van der Waals surface area (Å²) in [5.74, 6) is 1.57. The number of aromatic nitrogens is 2. The molecule has 3 aromatic rings. The highest BCUT2D eigenvalue weighted by molar-refractivity contribution is 7.99. The molecule has 0 saturated heterocycles. The van der Waals surface area contributed by atoms with Crippen LogP contribution in [0.15, 0.2) is 53.3 Å². The van der Waals surface area contributed by atoms with Crippen molar-refractivity contribution in [3.63, 3.8) is 0 Å². The maximum absolute atomic E-state index is 12.7. The lowest BCUT2D eigenvalue weighted by molar-refractivity contribution is -0.115. The Hall–Kier alpha value is -2.60. The number of nitrogens with one attached hydrogen (secondary N) is 1. The van der Waals surface area contributed by atoms with Crippen molar-refractivity contribution in [1.29, 1.82) is 0 Å². The smallest absolute Gasteiger partial charge is 0.261 e. The fourth-order valence-corrected chi connectivity index (χ4v) is 4.12. The number of carbonyl (C=O) groups is 1. The third-order valence-corrected chi connectivity index (χ3v) is 6.01. The molecule has 0 radical (unpaired) electrons. The second-order valence-corrected chi connectivity index (χ2v) is 8.08. The van der Waals surface area contributed by atoms with Crippen LogP contribution in [0, 0.1) is 0 Å². The van der Waals surface area contributed by atoms with Crippen molar-refractivity contribution < 1.29 is 4.79 Å². The first kappa shape index (κ1) is 17.8. The quantitative estimate of drug-likeness (QED) is 0.736. The lowest BCUT2D eigenvalue weighted by Crippen LogP contribution is -2.23. The van der Waals surface area contributed by atoms with Gasteiger partial charge in [0.05, 0.1) is 16.2 Å². The summed E-state index contributed by atoms with van der Waals surface area (Å²) in [4.78, 5) is 29.7. The van der Waals surface area contributed by atoms with Gasteiger partial charge in [-0.25, -0.2) is 4.98 Å². The average Bonchev–Trinajstić information content (AvgIpc) is 3.16. The molecule has 0 unspecified atom stereocenters. The highest BCUT2D eigenvalue weighted by Crippen LogP contribution is 2.21. The lowest BCUT2D eigenvalue weighted by atomic mass is 10.2. The molecule has 5 nitrogen and oxygen atoms in total. The summed E-state index contributed by atoms with van der Waals surface area (Å²) >= 11 is 1.59. The van der Waals surface area contributed by atoms with Gasteiger partial charge < -0.3 is 5.32 Å². The van der Waals surface area contributed by atoms with Gasteiger partial charge in [0.1, 0.15) is 5.82 Å². The van der Waals surface area contributed by atoms with Gasteiger partial charge in [-0.3, -0.25) is 14.2 Å². The van der Waals surface area contributed by atoms with Crippen molar-refractivity contribution >= 4 is 34.3 Å². The molecule has 1 aliphatic heterocycles. The molecule has 1 aliphatic rings. The van der Waals surface area contributed by atoms with E-state index in [4.69, 9.17) is 0 Å². The van der Waals surface area contributed by atoms with Crippen LogP contribution in [0.1, 0.15) is 24.7 Å². The number of benzene rings is 2. The summed E-state index contributed by atoms with van der Waals surface area (Å²) in [7, 11) is 0. The molecule has 0 bridgehead atoms. The number of fused-ring (bicyclic) bond motifs is 2. The maximum atomic E-state index is 12.7. The van der Waals surface area contributed by atoms with Crippen molar-refractivity contribution in [2.75, 3.05) is 5.32 Å². The number of amides is 1. The minimum atomic E-state index is -0.194. The van der Waals surface area contributed by atoms with E-state index >= 15 is 0 Å². The molecule has 1 aromatic heterocycles. The van der Waals surface area contributed by atoms with Crippen LogP contribution < -0.4 is 10.9 Å². The number of nitrogens with zero attached hydrogens (tertiary/aromatic N) is 2. The Morgan fingerprint density at radius 3 is 2.89 bits per heavy atom. The van der Waals surface area contributed by atoms with Crippen LogP contribution in [0.3, 0.4) is 0 Å². The lowest BCUT2D eigenvalue weighted by Gasteiger charge is -2.13. The highest BCUT2D eigenvalue weighted by atomic mass is 32.2. The first-order valence-corrected chi connectivity index (χ1v) is 10.2. The molecule has 0 spiro atoms. The zero-order valence-electron chi connectivity index (χ0n) is 15.1. The molecule has 1 N–H and O–H groups in total. The fraction of sp³-hybridized carbons (Fsp3) is 0.286. The normalized spacial score (nSPS) is 14.1. The third-order valence-electron chi connectivity index (χ3n) is 4.79. The minimum absolute atomic E-state index is 0.0184. The molecule has 138 valence electrons. The predicted octanol–water partition coefficient (Wildman–Crippen LogP) is 3.60. The van der Waals surface area contributed by atoms with Crippen molar-refractivity contribution in [3.8, 4) is 0 Å². The van der Waals surface area contributed by atoms with Crippen LogP contribution in [0.4, 0.5) is 5.69 Å². The second kappa shape index (κ2) is 7.56. The van der Waals surface area contributed by atoms with E-state index in [0.29, 0.717) is 16.6 Å². The molecule has 0 saturated carbocycles. The van der Waals surface area contributed by atoms with Crippen molar-refractivity contribution in [3.05, 3.63) is 70.3 Å². The van der Waals surface area contributed by atoms with Gasteiger partial charge in [0.2, 0.25) is 5.91 Å². The standard InChI is InChI=1S/C21H21N3O2S/c1-14(27-13-15-6-3-2-4-7-15)20(25)22-16-9-10-18-17(12-16)21(26)24-11-5-8-19(24)23-18/h2-4,6-7,9-10,12,14H,5,8,11,13H2,1H3,(H,22,25)/t14-/m1/s1. The monoisotopic (exact) mass is 379 g/mol. The molecule has 6 heteroatoms. The summed E-state index contributed by atoms with van der Waals surface area (Å²) in [5.41, 5.74) is 2.51. The van der Waals surface area contributed by atoms with Gasteiger partial charge in [0.15, 0.2) is 0 Å². The zero-order chi connectivity index (χ0) is 18.8. The van der Waals surface area contributed by atoms with Gasteiger partial charge >= 0.3 is 0 Å². The van der Waals surface area contributed by atoms with Gasteiger partial charge in [0.25, 0.3) is 5.56 Å². The number of aryl methyl sites for hydroxylation is 1. The molecular formula is C21H21N3O2S. The zero-order valence-corrected chi connectivity index (χ0v) is 16.0. The number of hydrogen-bond acceptors (Lipinski definition) is 4. The SMILES string of the molecule is C[C@@H](SCc1ccccc1)C(=O)Nc1ccc2nc3n(c(=O)c2c1)CCC3. The Morgan fingerprint density at radius 1 is 1.26 bits per heavy atom. The van der Waals surface area contributed by atoms with Crippen molar-refractivity contribution in [2.45, 2.75) is 37.3 Å². The van der Waals surface area contributed by atoms with Gasteiger partial charge in [0, 0.05) is 24.4 Å². The summed E-state index contributed by atoms with van der Waals surface area (Å²) in [6.07, 6.45) is 1.80. The van der Waals surface area contributed by atoms with Crippen LogP contribution in [0.5, 0.6) is 0 Å². The van der Waals surface area contributed by atoms with E-state index in [2.05, 4.69) is 22.4 Å². The largest absolute Gasteiger partial charge is 0.325 e. The Morgan fingerprint density at radius 2 is 2.07 bits per heavy atom. The Balaban J connectivity index is 1.48. The van der Waals surface area contributed by atoms with E-state index in [1.165, 1.54) is 5.56 Å². The molecule has 2 aromatic carbocycles. The summed E-state index contributed by atoms with van der Waals surface area (Å²) in [5, 5.41) is 3.29. The Bertz CT molecular complexity index is 1050. The van der Waals surface area contributed by atoms with Crippen LogP contribution >= 0.6 is 11.8 Å². The first-order valence-electron chi connectivity index (χ1n) is 9.12. The summed E-state index contributed by atoms with van der Waals surface area (Å²) < 4.78 is 1.74. The summed E-state index contributed by atoms with van der Waals surface area (Å²) in [6, 6.07) is 15.5. The topological polar surface area (TPSA) is 64.0 Å². The van der Waals surface area contributed by atoms with Crippen molar-refractivity contribution in [2.24, 2.45) is 0 Å².